The number of nitrogens with one attached hydrogen (secondary N) is 1. The lowest BCUT2D eigenvalue weighted by Gasteiger charge is -2.32. The third-order valence-electron chi connectivity index (χ3n) is 4.10. The minimum Gasteiger partial charge on any atom is -0.481 e. The van der Waals surface area contributed by atoms with Crippen LogP contribution in [-0.4, -0.2) is 66.7 Å². The van der Waals surface area contributed by atoms with Crippen molar-refractivity contribution in [2.24, 2.45) is 5.92 Å². The van der Waals surface area contributed by atoms with Gasteiger partial charge in [-0.15, -0.1) is 0 Å². The molecule has 0 aliphatic carbocycles. The third kappa shape index (κ3) is 5.77. The van der Waals surface area contributed by atoms with Crippen LogP contribution in [0.25, 0.3) is 0 Å². The summed E-state index contributed by atoms with van der Waals surface area (Å²) in [5.74, 6) is -0.293. The Labute approximate surface area is 121 Å². The summed E-state index contributed by atoms with van der Waals surface area (Å²) < 4.78 is 0. The number of carboxylic acid groups (broad SMARTS) is 1. The number of nitrogens with zero attached hydrogens (tertiary/aromatic N) is 2. The Morgan fingerprint density at radius 3 is 2.45 bits per heavy atom. The fourth-order valence-electron chi connectivity index (χ4n) is 2.28. The summed E-state index contributed by atoms with van der Waals surface area (Å²) >= 11 is 0. The highest BCUT2D eigenvalue weighted by Crippen LogP contribution is 2.21. The van der Waals surface area contributed by atoms with Crippen LogP contribution < -0.4 is 5.32 Å². The number of urea groups is 1. The topological polar surface area (TPSA) is 72.9 Å². The van der Waals surface area contributed by atoms with E-state index in [0.717, 1.165) is 32.4 Å². The van der Waals surface area contributed by atoms with Crippen molar-refractivity contribution >= 4 is 12.0 Å². The Morgan fingerprint density at radius 2 is 1.95 bits per heavy atom. The highest BCUT2D eigenvalue weighted by atomic mass is 16.4. The molecular weight excluding hydrogens is 258 g/mol. The molecule has 0 aromatic heterocycles. The Kier molecular flexibility index (Phi) is 6.78. The van der Waals surface area contributed by atoms with E-state index in [1.54, 1.807) is 0 Å². The van der Waals surface area contributed by atoms with Crippen molar-refractivity contribution in [3.63, 3.8) is 0 Å². The summed E-state index contributed by atoms with van der Waals surface area (Å²) in [7, 11) is 3.98. The van der Waals surface area contributed by atoms with E-state index in [9.17, 15) is 9.59 Å². The molecule has 0 spiro atoms. The average molecular weight is 285 g/mol. The number of hydrogen-bond donors (Lipinski definition) is 2. The largest absolute Gasteiger partial charge is 0.481 e. The molecule has 1 aliphatic rings. The van der Waals surface area contributed by atoms with E-state index < -0.39 is 5.97 Å². The van der Waals surface area contributed by atoms with Gasteiger partial charge in [0.05, 0.1) is 0 Å². The highest BCUT2D eigenvalue weighted by molar-refractivity contribution is 5.74. The molecule has 6 nitrogen and oxygen atoms in total. The van der Waals surface area contributed by atoms with E-state index in [0.29, 0.717) is 18.5 Å². The van der Waals surface area contributed by atoms with Crippen molar-refractivity contribution < 1.29 is 14.7 Å². The van der Waals surface area contributed by atoms with Crippen molar-refractivity contribution in [2.45, 2.75) is 38.6 Å². The Balaban J connectivity index is 2.23. The molecule has 2 amide bonds. The minimum atomic E-state index is -0.733. The molecule has 2 N–H and O–H groups in total. The van der Waals surface area contributed by atoms with Crippen molar-refractivity contribution in [2.75, 3.05) is 33.7 Å². The number of amides is 2. The molecule has 1 unspecified atom stereocenters. The number of carboxylic acids is 1. The standard InChI is InChI=1S/C14H27N3O3/c1-11(16(2)3)10-15-14(20)17-8-6-12(7-9-17)4-5-13(18)19/h11-12H,4-10H2,1-3H3,(H,15,20)(H,18,19). The lowest BCUT2D eigenvalue weighted by molar-refractivity contribution is -0.137. The molecule has 20 heavy (non-hydrogen) atoms. The zero-order chi connectivity index (χ0) is 15.1. The maximum atomic E-state index is 12.0. The van der Waals surface area contributed by atoms with Gasteiger partial charge in [0.2, 0.25) is 0 Å². The zero-order valence-corrected chi connectivity index (χ0v) is 12.8. The fourth-order valence-corrected chi connectivity index (χ4v) is 2.28. The first-order valence-electron chi connectivity index (χ1n) is 7.31. The van der Waals surface area contributed by atoms with E-state index in [1.807, 2.05) is 19.0 Å². The van der Waals surface area contributed by atoms with Gasteiger partial charge in [-0.25, -0.2) is 4.79 Å². The molecule has 0 aromatic rings. The Morgan fingerprint density at radius 1 is 1.35 bits per heavy atom. The van der Waals surface area contributed by atoms with Gasteiger partial charge in [-0.1, -0.05) is 0 Å². The molecule has 0 radical (unpaired) electrons. The summed E-state index contributed by atoms with van der Waals surface area (Å²) in [6.45, 7) is 4.17. The lowest BCUT2D eigenvalue weighted by atomic mass is 9.92. The van der Waals surface area contributed by atoms with Gasteiger partial charge < -0.3 is 20.2 Å². The van der Waals surface area contributed by atoms with Crippen LogP contribution in [0.2, 0.25) is 0 Å². The summed E-state index contributed by atoms with van der Waals surface area (Å²) in [6.07, 6.45) is 2.77. The van der Waals surface area contributed by atoms with Gasteiger partial charge in [0, 0.05) is 32.1 Å². The third-order valence-corrected chi connectivity index (χ3v) is 4.10. The van der Waals surface area contributed by atoms with Gasteiger partial charge in [-0.05, 0) is 46.2 Å². The first-order valence-corrected chi connectivity index (χ1v) is 7.31. The van der Waals surface area contributed by atoms with Gasteiger partial charge in [0.1, 0.15) is 0 Å². The van der Waals surface area contributed by atoms with E-state index >= 15 is 0 Å². The van der Waals surface area contributed by atoms with Crippen LogP contribution in [-0.2, 0) is 4.79 Å². The van der Waals surface area contributed by atoms with E-state index in [1.165, 1.54) is 0 Å². The molecule has 116 valence electrons. The highest BCUT2D eigenvalue weighted by Gasteiger charge is 2.23. The predicted octanol–water partition coefficient (Wildman–Crippen LogP) is 1.22. The molecule has 6 heteroatoms. The molecule has 1 heterocycles. The number of piperidine rings is 1. The van der Waals surface area contributed by atoms with Gasteiger partial charge >= 0.3 is 12.0 Å². The first-order chi connectivity index (χ1) is 9.40. The van der Waals surface area contributed by atoms with Crippen molar-refractivity contribution in [3.05, 3.63) is 0 Å². The van der Waals surface area contributed by atoms with Crippen molar-refractivity contribution in [3.8, 4) is 0 Å². The molecular formula is C14H27N3O3. The number of hydrogen-bond acceptors (Lipinski definition) is 3. The number of aliphatic carboxylic acids is 1. The lowest BCUT2D eigenvalue weighted by Crippen LogP contribution is -2.47. The molecule has 0 saturated carbocycles. The van der Waals surface area contributed by atoms with Gasteiger partial charge in [-0.2, -0.15) is 0 Å². The van der Waals surface area contributed by atoms with Crippen LogP contribution in [0.15, 0.2) is 0 Å². The number of likely N-dealkylation sites (N-methyl/N-ethyl adjacent to an activating group) is 1. The van der Waals surface area contributed by atoms with E-state index in [4.69, 9.17) is 5.11 Å². The Hall–Kier alpha value is -1.30. The number of carbonyl (C=O) groups is 2. The Bertz CT molecular complexity index is 326. The molecule has 1 aliphatic heterocycles. The number of rotatable bonds is 6. The second kappa shape index (κ2) is 8.09. The smallest absolute Gasteiger partial charge is 0.317 e. The predicted molar refractivity (Wildman–Crippen MR) is 77.7 cm³/mol. The molecule has 1 fully saturated rings. The van der Waals surface area contributed by atoms with Crippen LogP contribution in [0.4, 0.5) is 4.79 Å². The molecule has 1 rings (SSSR count). The van der Waals surface area contributed by atoms with Gasteiger partial charge in [-0.3, -0.25) is 4.79 Å². The quantitative estimate of drug-likeness (QED) is 0.769. The molecule has 1 saturated heterocycles. The molecule has 0 bridgehead atoms. The van der Waals surface area contributed by atoms with E-state index in [2.05, 4.69) is 17.1 Å². The normalized spacial score (nSPS) is 18.1. The van der Waals surface area contributed by atoms with Crippen LogP contribution in [0.3, 0.4) is 0 Å². The van der Waals surface area contributed by atoms with Crippen LogP contribution >= 0.6 is 0 Å². The van der Waals surface area contributed by atoms with Crippen LogP contribution in [0.5, 0.6) is 0 Å². The SMILES string of the molecule is CC(CNC(=O)N1CCC(CCC(=O)O)CC1)N(C)C. The van der Waals surface area contributed by atoms with E-state index in [-0.39, 0.29) is 12.5 Å². The summed E-state index contributed by atoms with van der Waals surface area (Å²) in [5.41, 5.74) is 0. The molecule has 0 aromatic carbocycles. The minimum absolute atomic E-state index is 0.00427. The number of carbonyl (C=O) groups excluding carboxylic acids is 1. The maximum Gasteiger partial charge on any atom is 0.317 e. The van der Waals surface area contributed by atoms with Crippen molar-refractivity contribution in [1.29, 1.82) is 0 Å². The average Bonchev–Trinajstić information content (AvgIpc) is 2.42. The van der Waals surface area contributed by atoms with Gasteiger partial charge in [0.15, 0.2) is 0 Å². The van der Waals surface area contributed by atoms with Crippen LogP contribution in [0, 0.1) is 5.92 Å². The summed E-state index contributed by atoms with van der Waals surface area (Å²) in [6, 6.07) is 0.308. The first kappa shape index (κ1) is 16.8. The summed E-state index contributed by atoms with van der Waals surface area (Å²) in [4.78, 5) is 26.4. The molecule has 1 atom stereocenters. The van der Waals surface area contributed by atoms with Gasteiger partial charge in [0.25, 0.3) is 0 Å². The maximum absolute atomic E-state index is 12.0. The summed E-state index contributed by atoms with van der Waals surface area (Å²) in [5, 5.41) is 11.6. The van der Waals surface area contributed by atoms with Crippen LogP contribution in [0.1, 0.15) is 32.6 Å². The second-order valence-electron chi connectivity index (χ2n) is 5.86. The number of likely N-dealkylation sites (tertiary alicyclic amines) is 1. The fraction of sp³-hybridized carbons (Fsp3) is 0.857. The monoisotopic (exact) mass is 285 g/mol. The second-order valence-corrected chi connectivity index (χ2v) is 5.86. The zero-order valence-electron chi connectivity index (χ0n) is 12.8. The van der Waals surface area contributed by atoms with Crippen molar-refractivity contribution in [1.82, 2.24) is 15.1 Å².